The zero-order valence-corrected chi connectivity index (χ0v) is 21.9. The molecule has 1 aliphatic rings. The van der Waals surface area contributed by atoms with Gasteiger partial charge in [0.1, 0.15) is 11.6 Å². The Labute approximate surface area is 225 Å². The Balaban J connectivity index is 1.27. The van der Waals surface area contributed by atoms with Crippen molar-refractivity contribution in [3.05, 3.63) is 83.9 Å². The van der Waals surface area contributed by atoms with E-state index in [0.29, 0.717) is 30.8 Å². The molecule has 3 N–H and O–H groups in total. The number of halogens is 1. The quantitative estimate of drug-likeness (QED) is 0.343. The molecule has 0 aliphatic carbocycles. The van der Waals surface area contributed by atoms with Crippen molar-refractivity contribution in [3.63, 3.8) is 0 Å². The first-order chi connectivity index (χ1) is 18.8. The van der Waals surface area contributed by atoms with Gasteiger partial charge in [-0.2, -0.15) is 0 Å². The molecule has 9 nitrogen and oxygen atoms in total. The average molecular weight is 531 g/mol. The van der Waals surface area contributed by atoms with Gasteiger partial charge in [-0.25, -0.2) is 14.2 Å². The zero-order chi connectivity index (χ0) is 27.5. The number of pyridine rings is 1. The van der Waals surface area contributed by atoms with Crippen LogP contribution >= 0.6 is 0 Å². The molecule has 0 bridgehead atoms. The average Bonchev–Trinajstić information content (AvgIpc) is 3.38. The molecule has 1 aliphatic heterocycles. The zero-order valence-electron chi connectivity index (χ0n) is 21.9. The molecule has 4 aromatic rings. The third-order valence-electron chi connectivity index (χ3n) is 7.13. The second-order valence-electron chi connectivity index (χ2n) is 9.71. The molecule has 0 unspecified atom stereocenters. The number of hydrogen-bond acceptors (Lipinski definition) is 6. The fourth-order valence-electron chi connectivity index (χ4n) is 4.81. The molecule has 202 valence electrons. The first-order valence-electron chi connectivity index (χ1n) is 12.9. The molecule has 2 aromatic carbocycles. The Hall–Kier alpha value is -4.28. The summed E-state index contributed by atoms with van der Waals surface area (Å²) in [6, 6.07) is 15.5. The van der Waals surface area contributed by atoms with Crippen LogP contribution in [0.3, 0.4) is 0 Å². The SMILES string of the molecule is CNC(=O)n1ccc2cc(N(C)c3ccnc(NC(=O)c4ccc(CN5CCC(O)CC5)c(F)c4)c3)ccc21. The van der Waals surface area contributed by atoms with Crippen molar-refractivity contribution in [2.45, 2.75) is 25.5 Å². The van der Waals surface area contributed by atoms with Crippen LogP contribution in [0.5, 0.6) is 0 Å². The Morgan fingerprint density at radius 1 is 1.08 bits per heavy atom. The number of carbonyl (C=O) groups is 2. The molecule has 2 aromatic heterocycles. The highest BCUT2D eigenvalue weighted by atomic mass is 19.1. The van der Waals surface area contributed by atoms with Crippen molar-refractivity contribution in [1.82, 2.24) is 19.8 Å². The van der Waals surface area contributed by atoms with E-state index in [1.165, 1.54) is 6.07 Å². The molecule has 0 atom stereocenters. The number of likely N-dealkylation sites (tertiary alicyclic amines) is 1. The Kier molecular flexibility index (Phi) is 7.58. The van der Waals surface area contributed by atoms with E-state index in [2.05, 4.69) is 20.5 Å². The number of nitrogens with one attached hydrogen (secondary N) is 2. The van der Waals surface area contributed by atoms with Gasteiger partial charge < -0.3 is 20.6 Å². The number of anilines is 3. The van der Waals surface area contributed by atoms with E-state index in [4.69, 9.17) is 0 Å². The van der Waals surface area contributed by atoms with Crippen molar-refractivity contribution < 1.29 is 19.1 Å². The second kappa shape index (κ2) is 11.2. The minimum atomic E-state index is -0.453. The summed E-state index contributed by atoms with van der Waals surface area (Å²) in [4.78, 5) is 33.2. The van der Waals surface area contributed by atoms with E-state index in [0.717, 1.165) is 35.4 Å². The molecule has 2 amide bonds. The number of fused-ring (bicyclic) bond motifs is 1. The lowest BCUT2D eigenvalue weighted by Crippen LogP contribution is -2.35. The van der Waals surface area contributed by atoms with Gasteiger partial charge >= 0.3 is 6.03 Å². The smallest absolute Gasteiger partial charge is 0.325 e. The summed E-state index contributed by atoms with van der Waals surface area (Å²) < 4.78 is 16.4. The monoisotopic (exact) mass is 530 g/mol. The van der Waals surface area contributed by atoms with E-state index >= 15 is 0 Å². The number of amides is 2. The molecular formula is C29H31FN6O3. The van der Waals surface area contributed by atoms with Gasteiger partial charge in [-0.3, -0.25) is 14.3 Å². The van der Waals surface area contributed by atoms with E-state index < -0.39 is 11.7 Å². The maximum atomic E-state index is 14.8. The van der Waals surface area contributed by atoms with Crippen molar-refractivity contribution in [1.29, 1.82) is 0 Å². The number of rotatable bonds is 6. The summed E-state index contributed by atoms with van der Waals surface area (Å²) in [7, 11) is 3.49. The number of hydrogen-bond donors (Lipinski definition) is 3. The molecule has 0 saturated carbocycles. The van der Waals surface area contributed by atoms with E-state index in [1.54, 1.807) is 42.2 Å². The van der Waals surface area contributed by atoms with Crippen LogP contribution in [0.25, 0.3) is 10.9 Å². The summed E-state index contributed by atoms with van der Waals surface area (Å²) in [6.45, 7) is 1.88. The number of aliphatic hydroxyl groups is 1. The van der Waals surface area contributed by atoms with Gasteiger partial charge in [0.05, 0.1) is 11.6 Å². The topological polar surface area (TPSA) is 103 Å². The molecular weight excluding hydrogens is 499 g/mol. The van der Waals surface area contributed by atoms with Crippen molar-refractivity contribution in [2.24, 2.45) is 0 Å². The van der Waals surface area contributed by atoms with Gasteiger partial charge in [0.15, 0.2) is 0 Å². The standard InChI is InChI=1S/C29H31FN6O3/c1-31-29(39)36-14-8-19-15-22(5-6-26(19)36)34(2)23-7-11-32-27(17-23)33-28(38)20-3-4-21(25(30)16-20)18-35-12-9-24(37)10-13-35/h3-8,11,14-17,24,37H,9-10,12-13,18H2,1-2H3,(H,31,39)(H,32,33,38). The number of nitrogens with zero attached hydrogens (tertiary/aromatic N) is 4. The molecule has 5 rings (SSSR count). The molecule has 0 radical (unpaired) electrons. The first-order valence-corrected chi connectivity index (χ1v) is 12.9. The number of aliphatic hydroxyl groups excluding tert-OH is 1. The third-order valence-corrected chi connectivity index (χ3v) is 7.13. The fourth-order valence-corrected chi connectivity index (χ4v) is 4.81. The van der Waals surface area contributed by atoms with E-state index in [9.17, 15) is 19.1 Å². The summed E-state index contributed by atoms with van der Waals surface area (Å²) in [5.74, 6) is -0.547. The van der Waals surface area contributed by atoms with Gasteiger partial charge in [0, 0.05) is 80.1 Å². The fraction of sp³-hybridized carbons (Fsp3) is 0.276. The van der Waals surface area contributed by atoms with Crippen LogP contribution in [-0.4, -0.2) is 64.8 Å². The van der Waals surface area contributed by atoms with Gasteiger partial charge in [0.2, 0.25) is 0 Å². The Bertz CT molecular complexity index is 1510. The van der Waals surface area contributed by atoms with Crippen LogP contribution in [0.2, 0.25) is 0 Å². The van der Waals surface area contributed by atoms with Crippen molar-refractivity contribution in [2.75, 3.05) is 37.4 Å². The highest BCUT2D eigenvalue weighted by Crippen LogP contribution is 2.29. The summed E-state index contributed by atoms with van der Waals surface area (Å²) in [5.41, 5.74) is 3.20. The number of aromatic nitrogens is 2. The van der Waals surface area contributed by atoms with Crippen LogP contribution in [0.15, 0.2) is 67.0 Å². The second-order valence-corrected chi connectivity index (χ2v) is 9.71. The number of carbonyl (C=O) groups excluding carboxylic acids is 2. The van der Waals surface area contributed by atoms with Gasteiger partial charge in [-0.15, -0.1) is 0 Å². The maximum absolute atomic E-state index is 14.8. The largest absolute Gasteiger partial charge is 0.393 e. The molecule has 10 heteroatoms. The lowest BCUT2D eigenvalue weighted by Gasteiger charge is -2.29. The summed E-state index contributed by atoms with van der Waals surface area (Å²) in [5, 5.41) is 16.0. The predicted octanol–water partition coefficient (Wildman–Crippen LogP) is 4.34. The normalized spacial score (nSPS) is 14.4. The summed E-state index contributed by atoms with van der Waals surface area (Å²) in [6.07, 6.45) is 4.41. The minimum Gasteiger partial charge on any atom is -0.393 e. The van der Waals surface area contributed by atoms with Crippen LogP contribution in [0, 0.1) is 5.82 Å². The van der Waals surface area contributed by atoms with Gasteiger partial charge in [-0.05, 0) is 55.3 Å². The predicted molar refractivity (Wildman–Crippen MR) is 149 cm³/mol. The van der Waals surface area contributed by atoms with Gasteiger partial charge in [-0.1, -0.05) is 6.07 Å². The summed E-state index contributed by atoms with van der Waals surface area (Å²) >= 11 is 0. The number of piperidine rings is 1. The molecule has 3 heterocycles. The van der Waals surface area contributed by atoms with Crippen LogP contribution < -0.4 is 15.5 Å². The highest BCUT2D eigenvalue weighted by molar-refractivity contribution is 6.04. The third kappa shape index (κ3) is 5.76. The van der Waals surface area contributed by atoms with Gasteiger partial charge in [0.25, 0.3) is 5.91 Å². The van der Waals surface area contributed by atoms with E-state index in [-0.39, 0.29) is 17.7 Å². The Morgan fingerprint density at radius 2 is 1.85 bits per heavy atom. The first kappa shape index (κ1) is 26.3. The van der Waals surface area contributed by atoms with Crippen molar-refractivity contribution >= 4 is 40.0 Å². The van der Waals surface area contributed by atoms with E-state index in [1.807, 2.05) is 42.3 Å². The lowest BCUT2D eigenvalue weighted by molar-refractivity contribution is 0.0787. The van der Waals surface area contributed by atoms with Crippen LogP contribution in [0.1, 0.15) is 28.8 Å². The Morgan fingerprint density at radius 3 is 2.59 bits per heavy atom. The van der Waals surface area contributed by atoms with Crippen LogP contribution in [-0.2, 0) is 6.54 Å². The molecule has 39 heavy (non-hydrogen) atoms. The molecule has 0 spiro atoms. The number of benzene rings is 2. The molecule has 1 saturated heterocycles. The van der Waals surface area contributed by atoms with Crippen molar-refractivity contribution in [3.8, 4) is 0 Å². The lowest BCUT2D eigenvalue weighted by atomic mass is 10.1. The van der Waals surface area contributed by atoms with Crippen LogP contribution in [0.4, 0.5) is 26.4 Å². The minimum absolute atomic E-state index is 0.206. The maximum Gasteiger partial charge on any atom is 0.325 e. The highest BCUT2D eigenvalue weighted by Gasteiger charge is 2.19. The molecule has 1 fully saturated rings.